The number of hydrogen-bond acceptors (Lipinski definition) is 5. The minimum atomic E-state index is -0.786. The van der Waals surface area contributed by atoms with Gasteiger partial charge in [0.2, 0.25) is 11.8 Å². The Morgan fingerprint density at radius 1 is 1.14 bits per heavy atom. The Morgan fingerprint density at radius 2 is 1.79 bits per heavy atom. The first-order valence-corrected chi connectivity index (χ1v) is 9.78. The number of carbonyl (C=O) groups is 2. The lowest BCUT2D eigenvalue weighted by Gasteiger charge is -2.26. The highest BCUT2D eigenvalue weighted by atomic mass is 35.5. The first kappa shape index (κ1) is 25.7. The number of nitrogens with two attached hydrogens (primary N) is 1. The Hall–Kier alpha value is -1.38. The zero-order chi connectivity index (χ0) is 19.1. The fourth-order valence-electron chi connectivity index (χ4n) is 3.18. The Morgan fingerprint density at radius 3 is 2.41 bits per heavy atom. The molecule has 1 heterocycles. The molecule has 0 unspecified atom stereocenters. The molecule has 1 aliphatic carbocycles. The molecule has 1 aromatic carbocycles. The van der Waals surface area contributed by atoms with E-state index in [9.17, 15) is 9.59 Å². The maximum atomic E-state index is 12.7. The molecule has 1 atom stereocenters. The van der Waals surface area contributed by atoms with Gasteiger partial charge in [0.15, 0.2) is 0 Å². The summed E-state index contributed by atoms with van der Waals surface area (Å²) >= 11 is 0. The van der Waals surface area contributed by atoms with Gasteiger partial charge < -0.3 is 21.1 Å². The maximum absolute atomic E-state index is 12.7. The van der Waals surface area contributed by atoms with E-state index in [2.05, 4.69) is 15.5 Å². The SMILES string of the molecule is Cl.Cl.NC1(C(=O)N[C@H](Cc2ccccc2)C(=O)NCCCN2CCOCC2)CC1. The average Bonchev–Trinajstić information content (AvgIpc) is 3.45. The van der Waals surface area contributed by atoms with E-state index in [1.165, 1.54) is 0 Å². The van der Waals surface area contributed by atoms with Gasteiger partial charge >= 0.3 is 0 Å². The number of halogens is 2. The van der Waals surface area contributed by atoms with Crippen molar-refractivity contribution in [3.05, 3.63) is 35.9 Å². The number of morpholine rings is 1. The Balaban J connectivity index is 0.00000210. The van der Waals surface area contributed by atoms with Crippen molar-refractivity contribution in [3.8, 4) is 0 Å². The fourth-order valence-corrected chi connectivity index (χ4v) is 3.18. The second-order valence-electron chi connectivity index (χ2n) is 7.47. The molecular formula is C20H32Cl2N4O3. The van der Waals surface area contributed by atoms with E-state index in [1.807, 2.05) is 30.3 Å². The molecule has 9 heteroatoms. The predicted molar refractivity (Wildman–Crippen MR) is 118 cm³/mol. The first-order chi connectivity index (χ1) is 13.1. The predicted octanol–water partition coefficient (Wildman–Crippen LogP) is 0.887. The third-order valence-electron chi connectivity index (χ3n) is 5.20. The van der Waals surface area contributed by atoms with Crippen LogP contribution in [0.2, 0.25) is 0 Å². The number of rotatable bonds is 9. The summed E-state index contributed by atoms with van der Waals surface area (Å²) in [7, 11) is 0. The molecule has 0 aromatic heterocycles. The van der Waals surface area contributed by atoms with E-state index in [4.69, 9.17) is 10.5 Å². The van der Waals surface area contributed by atoms with E-state index >= 15 is 0 Å². The molecule has 2 amide bonds. The molecule has 7 nitrogen and oxygen atoms in total. The van der Waals surface area contributed by atoms with Crippen LogP contribution in [0.5, 0.6) is 0 Å². The maximum Gasteiger partial charge on any atom is 0.242 e. The van der Waals surface area contributed by atoms with Gasteiger partial charge in [-0.05, 0) is 31.4 Å². The Kier molecular flexibility index (Phi) is 10.9. The van der Waals surface area contributed by atoms with Crippen molar-refractivity contribution in [2.24, 2.45) is 5.73 Å². The molecule has 1 aromatic rings. The van der Waals surface area contributed by atoms with Gasteiger partial charge in [-0.15, -0.1) is 24.8 Å². The molecule has 1 saturated heterocycles. The van der Waals surface area contributed by atoms with Crippen LogP contribution in [0.3, 0.4) is 0 Å². The van der Waals surface area contributed by atoms with Gasteiger partial charge in [0.1, 0.15) is 6.04 Å². The molecule has 164 valence electrons. The number of nitrogens with one attached hydrogen (secondary N) is 2. The van der Waals surface area contributed by atoms with Crippen molar-refractivity contribution < 1.29 is 14.3 Å². The normalized spacial score (nSPS) is 18.5. The van der Waals surface area contributed by atoms with Crippen LogP contribution in [0.15, 0.2) is 30.3 Å². The molecular weight excluding hydrogens is 415 g/mol. The van der Waals surface area contributed by atoms with Gasteiger partial charge in [-0.1, -0.05) is 30.3 Å². The highest BCUT2D eigenvalue weighted by molar-refractivity contribution is 5.93. The zero-order valence-electron chi connectivity index (χ0n) is 16.6. The molecule has 29 heavy (non-hydrogen) atoms. The summed E-state index contributed by atoms with van der Waals surface area (Å²) in [6.07, 6.45) is 2.69. The molecule has 2 aliphatic rings. The summed E-state index contributed by atoms with van der Waals surface area (Å²) in [6.45, 7) is 4.96. The number of ether oxygens (including phenoxy) is 1. The van der Waals surface area contributed by atoms with Crippen LogP contribution >= 0.6 is 24.8 Å². The molecule has 0 radical (unpaired) electrons. The highest BCUT2D eigenvalue weighted by Gasteiger charge is 2.46. The van der Waals surface area contributed by atoms with Gasteiger partial charge in [0, 0.05) is 26.1 Å². The molecule has 0 spiro atoms. The number of benzene rings is 1. The number of nitrogens with zero attached hydrogens (tertiary/aromatic N) is 1. The van der Waals surface area contributed by atoms with Crippen molar-refractivity contribution >= 4 is 36.6 Å². The third-order valence-corrected chi connectivity index (χ3v) is 5.20. The van der Waals surface area contributed by atoms with E-state index in [0.717, 1.165) is 44.8 Å². The van der Waals surface area contributed by atoms with Gasteiger partial charge in [0.05, 0.1) is 18.8 Å². The van der Waals surface area contributed by atoms with Gasteiger partial charge in [-0.25, -0.2) is 0 Å². The third kappa shape index (κ3) is 8.10. The summed E-state index contributed by atoms with van der Waals surface area (Å²) in [5.41, 5.74) is 6.20. The van der Waals surface area contributed by atoms with Gasteiger partial charge in [-0.2, -0.15) is 0 Å². The fraction of sp³-hybridized carbons (Fsp3) is 0.600. The standard InChI is InChI=1S/C20H30N4O3.2ClH/c21-20(7-8-20)19(26)23-17(15-16-5-2-1-3-6-16)18(25)22-9-4-10-24-11-13-27-14-12-24;;/h1-3,5-6,17H,4,7-15,21H2,(H,22,25)(H,23,26);2*1H/t17-;;/m1../s1. The quantitative estimate of drug-likeness (QED) is 0.489. The van der Waals surface area contributed by atoms with Crippen LogP contribution in [-0.4, -0.2) is 67.7 Å². The minimum Gasteiger partial charge on any atom is -0.379 e. The summed E-state index contributed by atoms with van der Waals surface area (Å²) in [5.74, 6) is -0.384. The van der Waals surface area contributed by atoms with E-state index < -0.39 is 11.6 Å². The van der Waals surface area contributed by atoms with Crippen molar-refractivity contribution in [2.75, 3.05) is 39.4 Å². The van der Waals surface area contributed by atoms with Crippen LogP contribution in [0, 0.1) is 0 Å². The second-order valence-corrected chi connectivity index (χ2v) is 7.47. The molecule has 1 saturated carbocycles. The molecule has 1 aliphatic heterocycles. The van der Waals surface area contributed by atoms with Crippen LogP contribution in [0.4, 0.5) is 0 Å². The highest BCUT2D eigenvalue weighted by Crippen LogP contribution is 2.32. The van der Waals surface area contributed by atoms with E-state index in [0.29, 0.717) is 25.8 Å². The summed E-state index contributed by atoms with van der Waals surface area (Å²) in [4.78, 5) is 27.4. The van der Waals surface area contributed by atoms with Crippen LogP contribution in [0.25, 0.3) is 0 Å². The van der Waals surface area contributed by atoms with E-state index in [1.54, 1.807) is 0 Å². The topological polar surface area (TPSA) is 96.7 Å². The molecule has 0 bridgehead atoms. The van der Waals surface area contributed by atoms with Crippen LogP contribution < -0.4 is 16.4 Å². The van der Waals surface area contributed by atoms with Crippen molar-refractivity contribution in [2.45, 2.75) is 37.3 Å². The smallest absolute Gasteiger partial charge is 0.242 e. The summed E-state index contributed by atoms with van der Waals surface area (Å²) in [5, 5.41) is 5.82. The van der Waals surface area contributed by atoms with E-state index in [-0.39, 0.29) is 36.6 Å². The van der Waals surface area contributed by atoms with Crippen molar-refractivity contribution in [1.82, 2.24) is 15.5 Å². The lowest BCUT2D eigenvalue weighted by Crippen LogP contribution is -2.53. The van der Waals surface area contributed by atoms with Crippen LogP contribution in [0.1, 0.15) is 24.8 Å². The average molecular weight is 447 g/mol. The molecule has 3 rings (SSSR count). The number of amides is 2. The Bertz CT molecular complexity index is 638. The lowest BCUT2D eigenvalue weighted by molar-refractivity contribution is -0.130. The number of hydrogen-bond donors (Lipinski definition) is 3. The second kappa shape index (κ2) is 12.3. The minimum absolute atomic E-state index is 0. The zero-order valence-corrected chi connectivity index (χ0v) is 18.2. The van der Waals surface area contributed by atoms with Crippen molar-refractivity contribution in [3.63, 3.8) is 0 Å². The monoisotopic (exact) mass is 446 g/mol. The van der Waals surface area contributed by atoms with Gasteiger partial charge in [0.25, 0.3) is 0 Å². The summed E-state index contributed by atoms with van der Waals surface area (Å²) in [6, 6.07) is 9.10. The molecule has 4 N–H and O–H groups in total. The molecule has 2 fully saturated rings. The summed E-state index contributed by atoms with van der Waals surface area (Å²) < 4.78 is 5.34. The number of carbonyl (C=O) groups excluding carboxylic acids is 2. The first-order valence-electron chi connectivity index (χ1n) is 9.78. The Labute approximate surface area is 184 Å². The van der Waals surface area contributed by atoms with Crippen molar-refractivity contribution in [1.29, 1.82) is 0 Å². The lowest BCUT2D eigenvalue weighted by atomic mass is 10.0. The van der Waals surface area contributed by atoms with Gasteiger partial charge in [-0.3, -0.25) is 14.5 Å². The largest absolute Gasteiger partial charge is 0.379 e. The van der Waals surface area contributed by atoms with Crippen LogP contribution in [-0.2, 0) is 20.7 Å².